The van der Waals surface area contributed by atoms with E-state index in [4.69, 9.17) is 9.72 Å². The Labute approximate surface area is 181 Å². The van der Waals surface area contributed by atoms with E-state index in [2.05, 4.69) is 15.3 Å². The van der Waals surface area contributed by atoms with E-state index in [0.29, 0.717) is 29.1 Å². The largest absolute Gasteiger partial charge is 0.444 e. The van der Waals surface area contributed by atoms with Crippen molar-refractivity contribution in [1.82, 2.24) is 25.2 Å². The first kappa shape index (κ1) is 21.1. The summed E-state index contributed by atoms with van der Waals surface area (Å²) in [6, 6.07) is 9.45. The molecule has 3 heterocycles. The third-order valence-electron chi connectivity index (χ3n) is 5.03. The topological polar surface area (TPSA) is 100 Å². The molecule has 8 nitrogen and oxygen atoms in total. The lowest BCUT2D eigenvalue weighted by Gasteiger charge is -2.24. The fourth-order valence-electron chi connectivity index (χ4n) is 3.51. The first-order chi connectivity index (χ1) is 14.7. The van der Waals surface area contributed by atoms with E-state index >= 15 is 0 Å². The molecule has 8 heteroatoms. The van der Waals surface area contributed by atoms with Crippen LogP contribution < -0.4 is 5.32 Å². The summed E-state index contributed by atoms with van der Waals surface area (Å²) >= 11 is 0. The first-order valence-corrected chi connectivity index (χ1v) is 10.3. The maximum absolute atomic E-state index is 12.3. The molecule has 1 unspecified atom stereocenters. The third kappa shape index (κ3) is 4.65. The van der Waals surface area contributed by atoms with Gasteiger partial charge in [-0.05, 0) is 26.8 Å². The van der Waals surface area contributed by atoms with Crippen LogP contribution in [0.1, 0.15) is 55.2 Å². The van der Waals surface area contributed by atoms with Crippen LogP contribution in [0.25, 0.3) is 10.9 Å². The number of nitrogens with one attached hydrogen (secondary N) is 1. The van der Waals surface area contributed by atoms with E-state index in [0.717, 1.165) is 23.2 Å². The molecule has 2 N–H and O–H groups in total. The summed E-state index contributed by atoms with van der Waals surface area (Å²) in [5, 5.41) is 15.2. The van der Waals surface area contributed by atoms with Gasteiger partial charge in [-0.2, -0.15) is 0 Å². The average molecular weight is 422 g/mol. The number of rotatable bonds is 4. The number of amides is 1. The Balaban J connectivity index is 1.62. The zero-order valence-corrected chi connectivity index (χ0v) is 18.2. The molecule has 1 aliphatic heterocycles. The van der Waals surface area contributed by atoms with Crippen molar-refractivity contribution in [2.75, 3.05) is 7.05 Å². The zero-order chi connectivity index (χ0) is 22.2. The molecular formula is C23H27N5O3. The lowest BCUT2D eigenvalue weighted by Crippen LogP contribution is -2.34. The highest BCUT2D eigenvalue weighted by molar-refractivity contribution is 5.82. The number of nitrogens with zero attached hydrogens (tertiary/aromatic N) is 4. The molecule has 31 heavy (non-hydrogen) atoms. The Hall–Kier alpha value is -3.10. The average Bonchev–Trinajstić information content (AvgIpc) is 3.19. The van der Waals surface area contributed by atoms with Gasteiger partial charge >= 0.3 is 6.09 Å². The minimum absolute atomic E-state index is 0.288. The van der Waals surface area contributed by atoms with E-state index in [9.17, 15) is 9.90 Å². The number of benzene rings is 1. The summed E-state index contributed by atoms with van der Waals surface area (Å²) in [6.45, 7) is 7.20. The number of hydrogen-bond donors (Lipinski definition) is 2. The predicted molar refractivity (Wildman–Crippen MR) is 116 cm³/mol. The maximum atomic E-state index is 12.3. The van der Waals surface area contributed by atoms with E-state index in [1.165, 1.54) is 4.90 Å². The molecule has 0 radical (unpaired) electrons. The number of aliphatic hydroxyl groups is 1. The minimum atomic E-state index is -0.999. The Morgan fingerprint density at radius 2 is 2.03 bits per heavy atom. The highest BCUT2D eigenvalue weighted by atomic mass is 16.6. The van der Waals surface area contributed by atoms with Gasteiger partial charge in [-0.1, -0.05) is 24.3 Å². The maximum Gasteiger partial charge on any atom is 0.410 e. The van der Waals surface area contributed by atoms with Gasteiger partial charge in [0, 0.05) is 42.8 Å². The molecule has 0 spiro atoms. The molecule has 4 rings (SSSR count). The molecule has 0 bridgehead atoms. The molecule has 0 saturated carbocycles. The Bertz CT molecular complexity index is 1130. The first-order valence-electron chi connectivity index (χ1n) is 10.3. The zero-order valence-electron chi connectivity index (χ0n) is 18.2. The molecule has 0 saturated heterocycles. The van der Waals surface area contributed by atoms with Crippen LogP contribution >= 0.6 is 0 Å². The van der Waals surface area contributed by atoms with E-state index in [1.807, 2.05) is 51.1 Å². The van der Waals surface area contributed by atoms with Gasteiger partial charge in [0.15, 0.2) is 5.82 Å². The number of fused-ring (bicyclic) bond motifs is 2. The lowest BCUT2D eigenvalue weighted by atomic mass is 10.0. The number of ether oxygens (including phenoxy) is 1. The second kappa shape index (κ2) is 8.20. The molecule has 0 aliphatic carbocycles. The fraction of sp³-hybridized carbons (Fsp3) is 0.391. The van der Waals surface area contributed by atoms with Crippen molar-refractivity contribution in [3.05, 3.63) is 64.9 Å². The standard InChI is InChI=1S/C23H27N5O3/c1-23(2,3)31-22(30)28(4)13-16-9-8-14-6-5-7-17(19(14)26-16)20(29)21-25-11-15-10-24-12-18(15)27-21/h5-9,11,20,24,29H,10,12-13H2,1-4H3. The van der Waals surface area contributed by atoms with E-state index in [1.54, 1.807) is 13.2 Å². The Morgan fingerprint density at radius 1 is 1.23 bits per heavy atom. The molecule has 162 valence electrons. The Morgan fingerprint density at radius 3 is 2.81 bits per heavy atom. The summed E-state index contributed by atoms with van der Waals surface area (Å²) < 4.78 is 5.41. The molecule has 3 aromatic rings. The van der Waals surface area contributed by atoms with Gasteiger partial charge < -0.3 is 20.1 Å². The number of carbonyl (C=O) groups excluding carboxylic acids is 1. The van der Waals surface area contributed by atoms with Gasteiger partial charge in [-0.3, -0.25) is 4.98 Å². The van der Waals surface area contributed by atoms with Gasteiger partial charge in [0.05, 0.1) is 23.4 Å². The number of carbonyl (C=O) groups is 1. The van der Waals surface area contributed by atoms with Crippen LogP contribution in [0, 0.1) is 0 Å². The van der Waals surface area contributed by atoms with Crippen LogP contribution in [-0.4, -0.2) is 43.7 Å². The summed E-state index contributed by atoms with van der Waals surface area (Å²) in [6.07, 6.45) is 0.351. The van der Waals surface area contributed by atoms with Crippen LogP contribution in [0.4, 0.5) is 4.79 Å². The van der Waals surface area contributed by atoms with Crippen LogP contribution in [0.2, 0.25) is 0 Å². The Kier molecular flexibility index (Phi) is 5.60. The van der Waals surface area contributed by atoms with Crippen molar-refractivity contribution >= 4 is 17.0 Å². The smallest absolute Gasteiger partial charge is 0.410 e. The highest BCUT2D eigenvalue weighted by Crippen LogP contribution is 2.27. The fourth-order valence-corrected chi connectivity index (χ4v) is 3.51. The summed E-state index contributed by atoms with van der Waals surface area (Å²) in [4.78, 5) is 27.4. The number of aromatic nitrogens is 3. The minimum Gasteiger partial charge on any atom is -0.444 e. The lowest BCUT2D eigenvalue weighted by molar-refractivity contribution is 0.0283. The van der Waals surface area contributed by atoms with E-state index in [-0.39, 0.29) is 6.54 Å². The molecule has 1 amide bonds. The van der Waals surface area contributed by atoms with Crippen molar-refractivity contribution in [3.63, 3.8) is 0 Å². The van der Waals surface area contributed by atoms with Gasteiger partial charge in [-0.15, -0.1) is 0 Å². The number of hydrogen-bond acceptors (Lipinski definition) is 7. The van der Waals surface area contributed by atoms with Crippen LogP contribution in [0.15, 0.2) is 36.5 Å². The number of para-hydroxylation sites is 1. The van der Waals surface area contributed by atoms with E-state index < -0.39 is 17.8 Å². The van der Waals surface area contributed by atoms with Gasteiger partial charge in [0.25, 0.3) is 0 Å². The SMILES string of the molecule is CN(Cc1ccc2cccc(C(O)c3ncc4c(n3)CNC4)c2n1)C(=O)OC(C)(C)C. The summed E-state index contributed by atoms with van der Waals surface area (Å²) in [5.41, 5.74) is 3.39. The molecule has 1 aliphatic rings. The monoisotopic (exact) mass is 421 g/mol. The molecule has 0 fully saturated rings. The molecule has 1 atom stereocenters. The van der Waals surface area contributed by atoms with Crippen molar-refractivity contribution in [3.8, 4) is 0 Å². The molecule has 2 aromatic heterocycles. The number of aliphatic hydroxyl groups excluding tert-OH is 1. The van der Waals surface area contributed by atoms with Gasteiger partial charge in [-0.25, -0.2) is 14.8 Å². The second-order valence-corrected chi connectivity index (χ2v) is 8.76. The highest BCUT2D eigenvalue weighted by Gasteiger charge is 2.22. The van der Waals surface area contributed by atoms with Crippen molar-refractivity contribution in [1.29, 1.82) is 0 Å². The van der Waals surface area contributed by atoms with Crippen molar-refractivity contribution in [2.24, 2.45) is 0 Å². The quantitative estimate of drug-likeness (QED) is 0.668. The van der Waals surface area contributed by atoms with Crippen molar-refractivity contribution in [2.45, 2.75) is 52.1 Å². The number of pyridine rings is 1. The summed E-state index contributed by atoms with van der Waals surface area (Å²) in [5.74, 6) is 0.355. The van der Waals surface area contributed by atoms with Gasteiger partial charge in [0.1, 0.15) is 11.7 Å². The van der Waals surface area contributed by atoms with Crippen LogP contribution in [-0.2, 0) is 24.4 Å². The van der Waals surface area contributed by atoms with Crippen molar-refractivity contribution < 1.29 is 14.6 Å². The normalized spacial score (nSPS) is 14.4. The summed E-state index contributed by atoms with van der Waals surface area (Å²) in [7, 11) is 1.67. The van der Waals surface area contributed by atoms with Crippen LogP contribution in [0.3, 0.4) is 0 Å². The predicted octanol–water partition coefficient (Wildman–Crippen LogP) is 3.08. The molecule has 1 aromatic carbocycles. The van der Waals surface area contributed by atoms with Gasteiger partial charge in [0.2, 0.25) is 0 Å². The third-order valence-corrected chi connectivity index (χ3v) is 5.03. The van der Waals surface area contributed by atoms with Crippen LogP contribution in [0.5, 0.6) is 0 Å². The molecular weight excluding hydrogens is 394 g/mol. The second-order valence-electron chi connectivity index (χ2n) is 8.76.